The normalized spacial score (nSPS) is 14.9. The quantitative estimate of drug-likeness (QED) is 0.372. The van der Waals surface area contributed by atoms with Gasteiger partial charge in [-0.05, 0) is 74.1 Å². The molecule has 1 fully saturated rings. The second-order valence-corrected chi connectivity index (χ2v) is 11.7. The molecule has 1 saturated heterocycles. The molecular formula is C30H36N4O5S. The zero-order chi connectivity index (χ0) is 28.7. The maximum Gasteiger partial charge on any atom is 0.321 e. The number of benzene rings is 3. The van der Waals surface area contributed by atoms with Crippen molar-refractivity contribution in [1.29, 1.82) is 0 Å². The van der Waals surface area contributed by atoms with Crippen molar-refractivity contribution >= 4 is 44.3 Å². The number of likely N-dealkylation sites (tertiary alicyclic amines) is 1. The van der Waals surface area contributed by atoms with Crippen LogP contribution in [-0.4, -0.2) is 62.2 Å². The summed E-state index contributed by atoms with van der Waals surface area (Å²) in [5, 5.41) is 4.50. The molecule has 2 N–H and O–H groups in total. The Hall–Kier alpha value is -3.92. The highest BCUT2D eigenvalue weighted by Gasteiger charge is 2.36. The van der Waals surface area contributed by atoms with Gasteiger partial charge < -0.3 is 15.1 Å². The van der Waals surface area contributed by atoms with Gasteiger partial charge in [-0.25, -0.2) is 17.9 Å². The number of hydrogen-bond donors (Lipinski definition) is 2. The van der Waals surface area contributed by atoms with Crippen LogP contribution in [0.25, 0.3) is 10.8 Å². The molecule has 9 nitrogen and oxygen atoms in total. The smallest absolute Gasteiger partial charge is 0.321 e. The van der Waals surface area contributed by atoms with Gasteiger partial charge in [0.2, 0.25) is 11.8 Å². The highest BCUT2D eigenvalue weighted by atomic mass is 32.2. The molecular weight excluding hydrogens is 528 g/mol. The summed E-state index contributed by atoms with van der Waals surface area (Å²) >= 11 is 0. The average molecular weight is 565 g/mol. The van der Waals surface area contributed by atoms with E-state index in [9.17, 15) is 22.8 Å². The predicted octanol–water partition coefficient (Wildman–Crippen LogP) is 4.46. The third kappa shape index (κ3) is 6.98. The Balaban J connectivity index is 1.44. The lowest BCUT2D eigenvalue weighted by Gasteiger charge is -2.34. The molecule has 0 aliphatic carbocycles. The van der Waals surface area contributed by atoms with Crippen LogP contribution in [0.1, 0.15) is 33.1 Å². The molecule has 1 atom stereocenters. The first kappa shape index (κ1) is 29.1. The van der Waals surface area contributed by atoms with Crippen LogP contribution in [0.5, 0.6) is 0 Å². The lowest BCUT2D eigenvalue weighted by Crippen LogP contribution is -2.47. The van der Waals surface area contributed by atoms with Crippen molar-refractivity contribution in [3.05, 3.63) is 72.8 Å². The van der Waals surface area contributed by atoms with Crippen molar-refractivity contribution in [3.8, 4) is 0 Å². The number of nitrogens with one attached hydrogen (secondary N) is 2. The average Bonchev–Trinajstić information content (AvgIpc) is 2.96. The van der Waals surface area contributed by atoms with E-state index in [4.69, 9.17) is 0 Å². The van der Waals surface area contributed by atoms with Gasteiger partial charge in [0, 0.05) is 31.9 Å². The van der Waals surface area contributed by atoms with Crippen LogP contribution < -0.4 is 10.0 Å². The van der Waals surface area contributed by atoms with E-state index in [1.807, 2.05) is 62.4 Å². The fraction of sp³-hybridized carbons (Fsp3) is 0.367. The van der Waals surface area contributed by atoms with Gasteiger partial charge in [-0.3, -0.25) is 9.59 Å². The Kier molecular flexibility index (Phi) is 9.42. The van der Waals surface area contributed by atoms with Crippen LogP contribution in [0.15, 0.2) is 77.7 Å². The first-order chi connectivity index (χ1) is 19.2. The van der Waals surface area contributed by atoms with Crippen LogP contribution >= 0.6 is 0 Å². The number of nitrogens with zero attached hydrogens (tertiary/aromatic N) is 2. The summed E-state index contributed by atoms with van der Waals surface area (Å²) in [4.78, 5) is 42.7. The fourth-order valence-corrected chi connectivity index (χ4v) is 6.16. The summed E-state index contributed by atoms with van der Waals surface area (Å²) in [6.07, 6.45) is 1.42. The Morgan fingerprint density at radius 1 is 0.900 bits per heavy atom. The van der Waals surface area contributed by atoms with Crippen LogP contribution in [0.3, 0.4) is 0 Å². The lowest BCUT2D eigenvalue weighted by molar-refractivity contribution is -0.142. The number of carbonyl (C=O) groups is 3. The van der Waals surface area contributed by atoms with Crippen LogP contribution in [0.2, 0.25) is 0 Å². The Morgan fingerprint density at radius 2 is 1.52 bits per heavy atom. The molecule has 40 heavy (non-hydrogen) atoms. The topological polar surface area (TPSA) is 116 Å². The van der Waals surface area contributed by atoms with E-state index >= 15 is 0 Å². The van der Waals surface area contributed by atoms with Crippen molar-refractivity contribution in [3.63, 3.8) is 0 Å². The van der Waals surface area contributed by atoms with Gasteiger partial charge in [-0.15, -0.1) is 0 Å². The van der Waals surface area contributed by atoms with E-state index in [-0.39, 0.29) is 29.2 Å². The van der Waals surface area contributed by atoms with E-state index in [0.717, 1.165) is 10.8 Å². The second kappa shape index (κ2) is 13.0. The molecule has 10 heteroatoms. The standard InChI is InChI=1S/C30H36N4O5S/c1-3-33(4-2)29(36)27(20-22-16-18-34(19-17-22)30(37)31-25-12-6-5-7-13-25)28(35)32-40(38,39)26-15-14-23-10-8-9-11-24(23)21-26/h5-15,21-22,27H,3-4,16-20H2,1-2H3,(H,31,37)(H,32,35). The largest absolute Gasteiger partial charge is 0.343 e. The van der Waals surface area contributed by atoms with Crippen molar-refractivity contribution < 1.29 is 22.8 Å². The maximum absolute atomic E-state index is 13.4. The Labute approximate surface area is 235 Å². The number of para-hydroxylation sites is 1. The number of hydrogen-bond acceptors (Lipinski definition) is 5. The first-order valence-corrected chi connectivity index (χ1v) is 15.1. The molecule has 1 heterocycles. The minimum absolute atomic E-state index is 0.0144. The van der Waals surface area contributed by atoms with Crippen molar-refractivity contribution in [2.75, 3.05) is 31.5 Å². The number of urea groups is 1. The molecule has 0 radical (unpaired) electrons. The molecule has 0 aromatic heterocycles. The second-order valence-electron chi connectivity index (χ2n) is 10.0. The highest BCUT2D eigenvalue weighted by molar-refractivity contribution is 7.90. The zero-order valence-corrected chi connectivity index (χ0v) is 23.7. The number of fused-ring (bicyclic) bond motifs is 1. The number of amides is 4. The Morgan fingerprint density at radius 3 is 2.17 bits per heavy atom. The molecule has 3 aromatic rings. The number of carbonyl (C=O) groups excluding carboxylic acids is 3. The lowest BCUT2D eigenvalue weighted by atomic mass is 9.86. The van der Waals surface area contributed by atoms with Crippen LogP contribution in [0, 0.1) is 11.8 Å². The number of anilines is 1. The third-order valence-corrected chi connectivity index (χ3v) is 8.80. The summed E-state index contributed by atoms with van der Waals surface area (Å²) < 4.78 is 28.5. The first-order valence-electron chi connectivity index (χ1n) is 13.7. The predicted molar refractivity (Wildman–Crippen MR) is 155 cm³/mol. The van der Waals surface area contributed by atoms with Gasteiger partial charge in [0.15, 0.2) is 0 Å². The van der Waals surface area contributed by atoms with Crippen LogP contribution in [0.4, 0.5) is 10.5 Å². The summed E-state index contributed by atoms with van der Waals surface area (Å²) in [6, 6.07) is 21.0. The van der Waals surface area contributed by atoms with Gasteiger partial charge in [0.1, 0.15) is 5.92 Å². The monoisotopic (exact) mass is 564 g/mol. The van der Waals surface area contributed by atoms with Gasteiger partial charge in [-0.2, -0.15) is 0 Å². The molecule has 0 bridgehead atoms. The van der Waals surface area contributed by atoms with E-state index < -0.39 is 21.8 Å². The molecule has 212 valence electrons. The molecule has 0 spiro atoms. The minimum atomic E-state index is -4.19. The SMILES string of the molecule is CCN(CC)C(=O)C(CC1CCN(C(=O)Nc2ccccc2)CC1)C(=O)NS(=O)(=O)c1ccc2ccccc2c1. The van der Waals surface area contributed by atoms with Crippen molar-refractivity contribution in [1.82, 2.24) is 14.5 Å². The summed E-state index contributed by atoms with van der Waals surface area (Å²) in [5.41, 5.74) is 0.712. The zero-order valence-electron chi connectivity index (χ0n) is 22.9. The molecule has 1 aliphatic heterocycles. The van der Waals surface area contributed by atoms with E-state index in [2.05, 4.69) is 10.0 Å². The summed E-state index contributed by atoms with van der Waals surface area (Å²) in [7, 11) is -4.19. The maximum atomic E-state index is 13.4. The molecule has 0 saturated carbocycles. The van der Waals surface area contributed by atoms with Gasteiger partial charge in [-0.1, -0.05) is 48.5 Å². The van der Waals surface area contributed by atoms with Gasteiger partial charge in [0.25, 0.3) is 10.0 Å². The molecule has 1 unspecified atom stereocenters. The van der Waals surface area contributed by atoms with Gasteiger partial charge in [0.05, 0.1) is 4.90 Å². The molecule has 4 rings (SSSR count). The van der Waals surface area contributed by atoms with Crippen molar-refractivity contribution in [2.45, 2.75) is 38.0 Å². The number of rotatable bonds is 9. The van der Waals surface area contributed by atoms with Crippen LogP contribution in [-0.2, 0) is 19.6 Å². The molecule has 3 aromatic carbocycles. The van der Waals surface area contributed by atoms with E-state index in [0.29, 0.717) is 44.7 Å². The van der Waals surface area contributed by atoms with E-state index in [1.54, 1.807) is 21.9 Å². The summed E-state index contributed by atoms with van der Waals surface area (Å²) in [5.74, 6) is -2.38. The van der Waals surface area contributed by atoms with E-state index in [1.165, 1.54) is 12.1 Å². The molecule has 4 amide bonds. The third-order valence-electron chi connectivity index (χ3n) is 7.45. The van der Waals surface area contributed by atoms with Crippen molar-refractivity contribution in [2.24, 2.45) is 11.8 Å². The summed E-state index contributed by atoms with van der Waals surface area (Å²) in [6.45, 7) is 5.43. The minimum Gasteiger partial charge on any atom is -0.343 e. The Bertz CT molecular complexity index is 1450. The number of piperidine rings is 1. The molecule has 1 aliphatic rings. The fourth-order valence-electron chi connectivity index (χ4n) is 5.10. The highest BCUT2D eigenvalue weighted by Crippen LogP contribution is 2.27. The number of sulfonamides is 1. The van der Waals surface area contributed by atoms with Gasteiger partial charge >= 0.3 is 6.03 Å².